The normalized spacial score (nSPS) is 14.0. The van der Waals surface area contributed by atoms with E-state index < -0.39 is 0 Å². The Labute approximate surface area is 226 Å². The van der Waals surface area contributed by atoms with E-state index in [9.17, 15) is 0 Å². The predicted molar refractivity (Wildman–Crippen MR) is 146 cm³/mol. The number of hydrogen-bond donors (Lipinski definition) is 1. The fraction of sp³-hybridized carbons (Fsp3) is 0.345. The molecule has 0 aliphatic heterocycles. The van der Waals surface area contributed by atoms with Crippen molar-refractivity contribution in [1.29, 1.82) is 0 Å². The zero-order chi connectivity index (χ0) is 26.6. The van der Waals surface area contributed by atoms with Crippen molar-refractivity contribution in [1.82, 2.24) is 35.2 Å². The van der Waals surface area contributed by atoms with Gasteiger partial charge in [-0.1, -0.05) is 31.4 Å². The van der Waals surface area contributed by atoms with Gasteiger partial charge in [0.15, 0.2) is 5.65 Å². The first kappa shape index (κ1) is 24.8. The maximum atomic E-state index is 6.23. The summed E-state index contributed by atoms with van der Waals surface area (Å²) in [6.07, 6.45) is 9.65. The summed E-state index contributed by atoms with van der Waals surface area (Å²) >= 11 is 0. The summed E-state index contributed by atoms with van der Waals surface area (Å²) in [6, 6.07) is 14.0. The van der Waals surface area contributed by atoms with E-state index in [-0.39, 0.29) is 0 Å². The van der Waals surface area contributed by atoms with Crippen molar-refractivity contribution in [2.45, 2.75) is 51.6 Å². The van der Waals surface area contributed by atoms with Gasteiger partial charge in [0.05, 0.1) is 31.2 Å². The standard InChI is InChI=1S/C29H31N7O3/c1-3-38-24-13-19(12-23(15-24)37-2)18-39-22-11-7-10-21(14-22)25-16-30-29-26(28-32-34-35-33-28)17-31-36(29)27(25)20-8-5-4-6-9-20/h7,10-17,20H,3-6,8-9,18H2,1-2H3,(H,32,33,34,35). The highest BCUT2D eigenvalue weighted by Crippen LogP contribution is 2.39. The lowest BCUT2D eigenvalue weighted by Gasteiger charge is -2.25. The highest BCUT2D eigenvalue weighted by Gasteiger charge is 2.25. The Hall–Kier alpha value is -4.47. The average molecular weight is 526 g/mol. The molecule has 0 saturated heterocycles. The molecule has 10 nitrogen and oxygen atoms in total. The number of tetrazole rings is 1. The predicted octanol–water partition coefficient (Wildman–Crippen LogP) is 5.61. The Balaban J connectivity index is 1.34. The van der Waals surface area contributed by atoms with Crippen molar-refractivity contribution >= 4 is 5.65 Å². The third-order valence-corrected chi connectivity index (χ3v) is 7.18. The van der Waals surface area contributed by atoms with Crippen molar-refractivity contribution in [3.8, 4) is 39.8 Å². The molecule has 10 heteroatoms. The Morgan fingerprint density at radius 2 is 1.82 bits per heavy atom. The van der Waals surface area contributed by atoms with Gasteiger partial charge < -0.3 is 14.2 Å². The first-order valence-corrected chi connectivity index (χ1v) is 13.4. The number of H-pyrrole nitrogens is 1. The van der Waals surface area contributed by atoms with Crippen LogP contribution >= 0.6 is 0 Å². The second-order valence-corrected chi connectivity index (χ2v) is 9.69. The van der Waals surface area contributed by atoms with Crippen LogP contribution in [-0.4, -0.2) is 48.9 Å². The first-order valence-electron chi connectivity index (χ1n) is 13.4. The van der Waals surface area contributed by atoms with Crippen molar-refractivity contribution in [3.05, 3.63) is 66.1 Å². The summed E-state index contributed by atoms with van der Waals surface area (Å²) in [4.78, 5) is 4.81. The van der Waals surface area contributed by atoms with E-state index in [0.717, 1.165) is 58.0 Å². The lowest BCUT2D eigenvalue weighted by atomic mass is 9.84. The number of nitrogens with zero attached hydrogens (tertiary/aromatic N) is 6. The molecule has 3 aromatic heterocycles. The van der Waals surface area contributed by atoms with E-state index in [1.165, 1.54) is 25.0 Å². The van der Waals surface area contributed by atoms with Gasteiger partial charge in [-0.25, -0.2) is 9.50 Å². The molecule has 1 aliphatic carbocycles. The zero-order valence-electron chi connectivity index (χ0n) is 22.1. The van der Waals surface area contributed by atoms with E-state index in [1.807, 2.05) is 48.0 Å². The minimum absolute atomic E-state index is 0.385. The molecule has 1 N–H and O–H groups in total. The van der Waals surface area contributed by atoms with E-state index in [4.69, 9.17) is 24.3 Å². The van der Waals surface area contributed by atoms with E-state index in [2.05, 4.69) is 32.8 Å². The molecule has 0 radical (unpaired) electrons. The molecule has 2 aromatic carbocycles. The van der Waals surface area contributed by atoms with Gasteiger partial charge >= 0.3 is 0 Å². The molecule has 1 fully saturated rings. The molecule has 1 saturated carbocycles. The maximum absolute atomic E-state index is 6.23. The highest BCUT2D eigenvalue weighted by atomic mass is 16.5. The molecule has 0 atom stereocenters. The fourth-order valence-corrected chi connectivity index (χ4v) is 5.38. The van der Waals surface area contributed by atoms with Gasteiger partial charge in [0, 0.05) is 23.7 Å². The summed E-state index contributed by atoms with van der Waals surface area (Å²) in [5.41, 5.74) is 5.73. The Bertz CT molecular complexity index is 1560. The number of rotatable bonds is 9. The van der Waals surface area contributed by atoms with Gasteiger partial charge in [0.25, 0.3) is 0 Å². The monoisotopic (exact) mass is 525 g/mol. The van der Waals surface area contributed by atoms with Gasteiger partial charge in [-0.05, 0) is 60.4 Å². The molecule has 0 bridgehead atoms. The van der Waals surface area contributed by atoms with Gasteiger partial charge in [0.1, 0.15) is 23.9 Å². The van der Waals surface area contributed by atoms with Crippen LogP contribution in [-0.2, 0) is 6.61 Å². The van der Waals surface area contributed by atoms with Crippen LogP contribution in [0.3, 0.4) is 0 Å². The lowest BCUT2D eigenvalue weighted by molar-refractivity contribution is 0.301. The van der Waals surface area contributed by atoms with Crippen molar-refractivity contribution < 1.29 is 14.2 Å². The van der Waals surface area contributed by atoms with Gasteiger partial charge in [0.2, 0.25) is 5.82 Å². The maximum Gasteiger partial charge on any atom is 0.210 e. The topological polar surface area (TPSA) is 112 Å². The Morgan fingerprint density at radius 3 is 2.62 bits per heavy atom. The SMILES string of the molecule is CCOc1cc(COc2cccc(-c3cnc4c(-c5nn[nH]n5)cnn4c3C3CCCCC3)c2)cc(OC)c1. The zero-order valence-corrected chi connectivity index (χ0v) is 22.1. The van der Waals surface area contributed by atoms with Crippen LogP contribution in [0, 0.1) is 0 Å². The second-order valence-electron chi connectivity index (χ2n) is 9.69. The number of benzene rings is 2. The molecular weight excluding hydrogens is 494 g/mol. The van der Waals surface area contributed by atoms with Gasteiger partial charge in [-0.15, -0.1) is 10.2 Å². The van der Waals surface area contributed by atoms with Gasteiger partial charge in [-0.3, -0.25) is 0 Å². The number of fused-ring (bicyclic) bond motifs is 1. The van der Waals surface area contributed by atoms with Crippen LogP contribution in [0.15, 0.2) is 54.9 Å². The van der Waals surface area contributed by atoms with E-state index in [0.29, 0.717) is 25.0 Å². The largest absolute Gasteiger partial charge is 0.497 e. The van der Waals surface area contributed by atoms with Crippen molar-refractivity contribution in [2.75, 3.05) is 13.7 Å². The minimum atomic E-state index is 0.385. The summed E-state index contributed by atoms with van der Waals surface area (Å²) < 4.78 is 19.3. The molecule has 5 aromatic rings. The van der Waals surface area contributed by atoms with Crippen LogP contribution in [0.1, 0.15) is 56.2 Å². The quantitative estimate of drug-likeness (QED) is 0.264. The van der Waals surface area contributed by atoms with Crippen LogP contribution in [0.25, 0.3) is 28.2 Å². The molecule has 200 valence electrons. The van der Waals surface area contributed by atoms with Crippen LogP contribution in [0.5, 0.6) is 17.2 Å². The molecule has 1 aliphatic rings. The number of hydrogen-bond acceptors (Lipinski definition) is 8. The number of aromatic nitrogens is 7. The van der Waals surface area contributed by atoms with Crippen molar-refractivity contribution in [3.63, 3.8) is 0 Å². The third-order valence-electron chi connectivity index (χ3n) is 7.18. The third kappa shape index (κ3) is 5.14. The highest BCUT2D eigenvalue weighted by molar-refractivity contribution is 5.75. The molecule has 3 heterocycles. The average Bonchev–Trinajstić information content (AvgIpc) is 3.66. The molecule has 39 heavy (non-hydrogen) atoms. The molecule has 6 rings (SSSR count). The summed E-state index contributed by atoms with van der Waals surface area (Å²) in [5, 5.41) is 19.3. The molecule has 0 unspecified atom stereocenters. The molecular formula is C29H31N7O3. The summed E-state index contributed by atoms with van der Waals surface area (Å²) in [6.45, 7) is 2.94. The minimum Gasteiger partial charge on any atom is -0.497 e. The number of aromatic amines is 1. The molecule has 0 spiro atoms. The van der Waals surface area contributed by atoms with Crippen LogP contribution in [0.4, 0.5) is 0 Å². The summed E-state index contributed by atoms with van der Waals surface area (Å²) in [5.74, 6) is 3.15. The first-order chi connectivity index (χ1) is 19.2. The lowest BCUT2D eigenvalue weighted by Crippen LogP contribution is -2.12. The number of methoxy groups -OCH3 is 1. The Kier molecular flexibility index (Phi) is 7.07. The van der Waals surface area contributed by atoms with Crippen LogP contribution in [0.2, 0.25) is 0 Å². The van der Waals surface area contributed by atoms with Gasteiger partial charge in [-0.2, -0.15) is 10.3 Å². The molecule has 0 amide bonds. The number of nitrogens with one attached hydrogen (secondary N) is 1. The second kappa shape index (κ2) is 11.1. The van der Waals surface area contributed by atoms with Crippen molar-refractivity contribution in [2.24, 2.45) is 0 Å². The van der Waals surface area contributed by atoms with E-state index >= 15 is 0 Å². The Morgan fingerprint density at radius 1 is 0.949 bits per heavy atom. The smallest absolute Gasteiger partial charge is 0.210 e. The van der Waals surface area contributed by atoms with Crippen LogP contribution < -0.4 is 14.2 Å². The van der Waals surface area contributed by atoms with E-state index in [1.54, 1.807) is 13.3 Å². The summed E-state index contributed by atoms with van der Waals surface area (Å²) in [7, 11) is 1.65. The fourth-order valence-electron chi connectivity index (χ4n) is 5.38. The number of ether oxygens (including phenoxy) is 3.